The first-order chi connectivity index (χ1) is 6.76. The van der Waals surface area contributed by atoms with Gasteiger partial charge in [-0.05, 0) is 12.5 Å². The van der Waals surface area contributed by atoms with Gasteiger partial charge in [0.1, 0.15) is 4.32 Å². The standard InChI is InChI=1S/C7H13O2PS4/c1-8-10(9-2)7-13-5(11-3)6(12-4)14-7/h7H,1-4H3. The van der Waals surface area contributed by atoms with E-state index in [-0.39, 0.29) is 0 Å². The highest BCUT2D eigenvalue weighted by Crippen LogP contribution is 2.65. The molecule has 0 aliphatic carbocycles. The minimum Gasteiger partial charge on any atom is -0.336 e. The van der Waals surface area contributed by atoms with E-state index in [4.69, 9.17) is 9.05 Å². The summed E-state index contributed by atoms with van der Waals surface area (Å²) in [5, 5.41) is 0. The molecule has 14 heavy (non-hydrogen) atoms. The van der Waals surface area contributed by atoms with Crippen molar-refractivity contribution in [1.29, 1.82) is 0 Å². The molecule has 1 rings (SSSR count). The summed E-state index contributed by atoms with van der Waals surface area (Å²) in [7, 11) is 2.66. The summed E-state index contributed by atoms with van der Waals surface area (Å²) in [6.07, 6.45) is 4.23. The quantitative estimate of drug-likeness (QED) is 0.700. The minimum absolute atomic E-state index is 0.393. The summed E-state index contributed by atoms with van der Waals surface area (Å²) in [5.74, 6) is 0. The fourth-order valence-electron chi connectivity index (χ4n) is 0.899. The molecule has 2 nitrogen and oxygen atoms in total. The van der Waals surface area contributed by atoms with Gasteiger partial charge in [-0.25, -0.2) is 0 Å². The van der Waals surface area contributed by atoms with E-state index in [2.05, 4.69) is 12.5 Å². The Balaban J connectivity index is 2.58. The summed E-state index contributed by atoms with van der Waals surface area (Å²) in [4.78, 5) is 0. The number of thioether (sulfide) groups is 4. The Kier molecular flexibility index (Phi) is 6.72. The van der Waals surface area contributed by atoms with Crippen LogP contribution in [0.2, 0.25) is 0 Å². The van der Waals surface area contributed by atoms with Crippen LogP contribution in [0.15, 0.2) is 8.47 Å². The fourth-order valence-corrected chi connectivity index (χ4v) is 9.13. The Bertz CT molecular complexity index is 204. The molecule has 0 aromatic heterocycles. The second-order valence-electron chi connectivity index (χ2n) is 2.18. The molecule has 0 bridgehead atoms. The fraction of sp³-hybridized carbons (Fsp3) is 0.714. The van der Waals surface area contributed by atoms with Crippen molar-refractivity contribution in [2.24, 2.45) is 0 Å². The maximum Gasteiger partial charge on any atom is 0.195 e. The third-order valence-corrected chi connectivity index (χ3v) is 9.28. The molecule has 1 aliphatic rings. The van der Waals surface area contributed by atoms with E-state index in [1.165, 1.54) is 8.47 Å². The highest BCUT2D eigenvalue weighted by Gasteiger charge is 2.33. The monoisotopic (exact) mass is 288 g/mol. The highest BCUT2D eigenvalue weighted by atomic mass is 32.3. The van der Waals surface area contributed by atoms with Crippen molar-refractivity contribution < 1.29 is 9.05 Å². The summed E-state index contributed by atoms with van der Waals surface area (Å²) >= 11 is 7.34. The van der Waals surface area contributed by atoms with E-state index < -0.39 is 8.38 Å². The van der Waals surface area contributed by atoms with Crippen LogP contribution in [0.1, 0.15) is 0 Å². The van der Waals surface area contributed by atoms with Gasteiger partial charge in [-0.15, -0.1) is 23.5 Å². The topological polar surface area (TPSA) is 18.5 Å². The van der Waals surface area contributed by atoms with E-state index >= 15 is 0 Å². The molecule has 0 aromatic carbocycles. The van der Waals surface area contributed by atoms with Crippen LogP contribution in [0.5, 0.6) is 0 Å². The molecule has 0 radical (unpaired) electrons. The zero-order chi connectivity index (χ0) is 10.6. The molecule has 0 saturated carbocycles. The molecule has 0 spiro atoms. The van der Waals surface area contributed by atoms with Crippen LogP contribution in [0, 0.1) is 0 Å². The van der Waals surface area contributed by atoms with E-state index in [1.807, 2.05) is 47.0 Å². The van der Waals surface area contributed by atoms with Crippen molar-refractivity contribution in [3.05, 3.63) is 8.47 Å². The van der Waals surface area contributed by atoms with Crippen LogP contribution in [0.25, 0.3) is 0 Å². The molecule has 0 fully saturated rings. The lowest BCUT2D eigenvalue weighted by Crippen LogP contribution is -1.94. The zero-order valence-corrected chi connectivity index (χ0v) is 12.6. The molecule has 0 atom stereocenters. The van der Waals surface area contributed by atoms with Crippen molar-refractivity contribution in [2.75, 3.05) is 26.7 Å². The molecule has 0 saturated heterocycles. The van der Waals surface area contributed by atoms with Gasteiger partial charge in [0.05, 0.1) is 8.47 Å². The first kappa shape index (κ1) is 13.6. The van der Waals surface area contributed by atoms with Crippen LogP contribution < -0.4 is 0 Å². The van der Waals surface area contributed by atoms with Crippen LogP contribution in [0.4, 0.5) is 0 Å². The summed E-state index contributed by atoms with van der Waals surface area (Å²) < 4.78 is 13.8. The lowest BCUT2D eigenvalue weighted by Gasteiger charge is -2.17. The van der Waals surface area contributed by atoms with E-state index in [1.54, 1.807) is 14.2 Å². The Labute approximate surface area is 104 Å². The Morgan fingerprint density at radius 3 is 1.79 bits per heavy atom. The predicted octanol–water partition coefficient (Wildman–Crippen LogP) is 4.21. The Morgan fingerprint density at radius 2 is 1.50 bits per heavy atom. The molecule has 0 N–H and O–H groups in total. The SMILES string of the molecule is COP(OC)C1SC(SC)=C(SC)S1. The lowest BCUT2D eigenvalue weighted by atomic mass is 11.2. The molecule has 82 valence electrons. The van der Waals surface area contributed by atoms with E-state index in [0.29, 0.717) is 4.32 Å². The number of hydrogen-bond donors (Lipinski definition) is 0. The summed E-state index contributed by atoms with van der Waals surface area (Å²) in [6, 6.07) is 0. The zero-order valence-electron chi connectivity index (χ0n) is 8.47. The highest BCUT2D eigenvalue weighted by molar-refractivity contribution is 8.40. The molecular weight excluding hydrogens is 275 g/mol. The Hall–Kier alpha value is 1.49. The largest absolute Gasteiger partial charge is 0.336 e. The van der Waals surface area contributed by atoms with Gasteiger partial charge in [0, 0.05) is 14.2 Å². The van der Waals surface area contributed by atoms with Crippen LogP contribution in [-0.2, 0) is 9.05 Å². The molecule has 0 amide bonds. The van der Waals surface area contributed by atoms with Gasteiger partial charge >= 0.3 is 0 Å². The normalized spacial score (nSPS) is 18.6. The van der Waals surface area contributed by atoms with Gasteiger partial charge in [0.15, 0.2) is 8.38 Å². The average molecular weight is 288 g/mol. The molecule has 1 aliphatic heterocycles. The van der Waals surface area contributed by atoms with Crippen molar-refractivity contribution >= 4 is 55.4 Å². The average Bonchev–Trinajstić information content (AvgIpc) is 2.63. The predicted molar refractivity (Wildman–Crippen MR) is 74.0 cm³/mol. The summed E-state index contributed by atoms with van der Waals surface area (Å²) in [6.45, 7) is 0. The first-order valence-electron chi connectivity index (χ1n) is 3.79. The molecule has 7 heteroatoms. The maximum atomic E-state index is 5.32. The van der Waals surface area contributed by atoms with Gasteiger partial charge in [0.25, 0.3) is 0 Å². The maximum absolute atomic E-state index is 5.32. The van der Waals surface area contributed by atoms with Crippen LogP contribution in [0.3, 0.4) is 0 Å². The number of hydrogen-bond acceptors (Lipinski definition) is 6. The van der Waals surface area contributed by atoms with Crippen molar-refractivity contribution in [1.82, 2.24) is 0 Å². The van der Waals surface area contributed by atoms with Crippen molar-refractivity contribution in [2.45, 2.75) is 4.32 Å². The third-order valence-electron chi connectivity index (χ3n) is 1.49. The van der Waals surface area contributed by atoms with Gasteiger partial charge < -0.3 is 9.05 Å². The third kappa shape index (κ3) is 3.24. The van der Waals surface area contributed by atoms with Gasteiger partial charge in [0.2, 0.25) is 0 Å². The van der Waals surface area contributed by atoms with Crippen LogP contribution >= 0.6 is 55.4 Å². The number of rotatable bonds is 5. The van der Waals surface area contributed by atoms with E-state index in [9.17, 15) is 0 Å². The van der Waals surface area contributed by atoms with Crippen LogP contribution in [-0.4, -0.2) is 31.1 Å². The Morgan fingerprint density at radius 1 is 1.07 bits per heavy atom. The minimum atomic E-state index is -0.764. The molecule has 0 aromatic rings. The van der Waals surface area contributed by atoms with Gasteiger partial charge in [-0.3, -0.25) is 0 Å². The molecule has 0 unspecified atom stereocenters. The van der Waals surface area contributed by atoms with Gasteiger partial charge in [-0.1, -0.05) is 23.5 Å². The van der Waals surface area contributed by atoms with E-state index in [0.717, 1.165) is 0 Å². The second kappa shape index (κ2) is 6.94. The van der Waals surface area contributed by atoms with Crippen molar-refractivity contribution in [3.8, 4) is 0 Å². The van der Waals surface area contributed by atoms with Gasteiger partial charge in [-0.2, -0.15) is 0 Å². The molecular formula is C7H13O2PS4. The molecule has 1 heterocycles. The lowest BCUT2D eigenvalue weighted by molar-refractivity contribution is 0.343. The first-order valence-corrected chi connectivity index (χ1v) is 9.25. The summed E-state index contributed by atoms with van der Waals surface area (Å²) in [5.41, 5.74) is 0. The smallest absolute Gasteiger partial charge is 0.195 e. The van der Waals surface area contributed by atoms with Crippen molar-refractivity contribution in [3.63, 3.8) is 0 Å². The second-order valence-corrected chi connectivity index (χ2v) is 9.37.